The average Bonchev–Trinajstić information content (AvgIpc) is 3.50. The molecule has 3 aliphatic rings. The van der Waals surface area contributed by atoms with Crippen LogP contribution in [0, 0.1) is 5.92 Å². The fourth-order valence-electron chi connectivity index (χ4n) is 7.92. The summed E-state index contributed by atoms with van der Waals surface area (Å²) < 4.78 is 43.9. The van der Waals surface area contributed by atoms with E-state index < -0.39 is 63.2 Å². The van der Waals surface area contributed by atoms with E-state index in [0.717, 1.165) is 4.57 Å². The first-order chi connectivity index (χ1) is 24.8. The van der Waals surface area contributed by atoms with Crippen LogP contribution in [0.15, 0.2) is 112 Å². The number of phenolic OH excluding ortho intramolecular Hbond substituents is 1. The molecule has 1 aliphatic carbocycles. The molecule has 2 amide bonds. The zero-order chi connectivity index (χ0) is 36.7. The molecule has 2 fully saturated rings. The van der Waals surface area contributed by atoms with Gasteiger partial charge in [0.05, 0.1) is 40.2 Å². The van der Waals surface area contributed by atoms with Crippen molar-refractivity contribution in [3.8, 4) is 11.4 Å². The molecule has 264 valence electrons. The number of anilines is 1. The highest BCUT2D eigenvalue weighted by atomic mass is 35.5. The first-order valence-corrected chi connectivity index (χ1v) is 16.7. The predicted octanol–water partition coefficient (Wildman–Crippen LogP) is 5.85. The van der Waals surface area contributed by atoms with Crippen LogP contribution in [0.2, 0.25) is 10.0 Å². The number of benzene rings is 3. The summed E-state index contributed by atoms with van der Waals surface area (Å²) in [6.45, 7) is -0.0500. The van der Waals surface area contributed by atoms with E-state index in [0.29, 0.717) is 44.7 Å². The average molecular weight is 750 g/mol. The second-order valence-electron chi connectivity index (χ2n) is 12.7. The van der Waals surface area contributed by atoms with Crippen molar-refractivity contribution in [2.24, 2.45) is 5.92 Å². The van der Waals surface area contributed by atoms with Gasteiger partial charge in [0, 0.05) is 17.1 Å². The molecule has 16 heteroatoms. The first kappa shape index (κ1) is 33.5. The first-order valence-electron chi connectivity index (χ1n) is 15.9. The Morgan fingerprint density at radius 2 is 1.63 bits per heavy atom. The summed E-state index contributed by atoms with van der Waals surface area (Å²) in [6, 6.07) is 20.6. The molecule has 1 saturated heterocycles. The van der Waals surface area contributed by atoms with Crippen molar-refractivity contribution in [1.29, 1.82) is 0 Å². The number of imide groups is 1. The summed E-state index contributed by atoms with van der Waals surface area (Å²) in [5.74, 6) is -4.32. The summed E-state index contributed by atoms with van der Waals surface area (Å²) in [6.07, 6.45) is -2.61. The van der Waals surface area contributed by atoms with Crippen LogP contribution < -0.4 is 16.8 Å². The number of carbonyl (C=O) groups excluding carboxylic acids is 2. The van der Waals surface area contributed by atoms with E-state index >= 15 is 4.79 Å². The number of para-hydroxylation sites is 1. The van der Waals surface area contributed by atoms with Crippen LogP contribution in [0.25, 0.3) is 5.69 Å². The van der Waals surface area contributed by atoms with Gasteiger partial charge in [-0.15, -0.1) is 0 Å². The summed E-state index contributed by atoms with van der Waals surface area (Å²) in [7, 11) is 0. The van der Waals surface area contributed by atoms with Crippen LogP contribution in [0.3, 0.4) is 0 Å². The molecule has 0 bridgehead atoms. The molecular weight excluding hydrogens is 724 g/mol. The summed E-state index contributed by atoms with van der Waals surface area (Å²) in [4.78, 5) is 61.5. The number of fused-ring (bicyclic) bond motifs is 4. The molecule has 0 radical (unpaired) electrons. The monoisotopic (exact) mass is 748 g/mol. The maximum atomic E-state index is 15.1. The maximum absolute atomic E-state index is 15.1. The predicted molar refractivity (Wildman–Crippen MR) is 183 cm³/mol. The van der Waals surface area contributed by atoms with E-state index in [1.54, 1.807) is 72.8 Å². The van der Waals surface area contributed by atoms with E-state index in [4.69, 9.17) is 23.2 Å². The number of hydrogen-bond donors (Lipinski definition) is 2. The second kappa shape index (κ2) is 12.0. The number of amides is 2. The molecule has 2 aromatic heterocycles. The lowest BCUT2D eigenvalue weighted by atomic mass is 9.53. The smallest absolute Gasteiger partial charge is 0.417 e. The molecule has 5 aromatic rings. The number of halogens is 5. The van der Waals surface area contributed by atoms with Gasteiger partial charge in [-0.3, -0.25) is 15.0 Å². The number of hydrogen-bond acceptors (Lipinski definition) is 7. The minimum Gasteiger partial charge on any atom is -0.508 e. The van der Waals surface area contributed by atoms with Gasteiger partial charge in [0.25, 0.3) is 11.8 Å². The van der Waals surface area contributed by atoms with E-state index in [9.17, 15) is 32.7 Å². The third-order valence-corrected chi connectivity index (χ3v) is 10.6. The van der Waals surface area contributed by atoms with Gasteiger partial charge in [-0.25, -0.2) is 28.5 Å². The van der Waals surface area contributed by atoms with Gasteiger partial charge in [0.15, 0.2) is 5.82 Å². The van der Waals surface area contributed by atoms with Gasteiger partial charge >= 0.3 is 17.6 Å². The molecule has 4 unspecified atom stereocenters. The largest absolute Gasteiger partial charge is 0.508 e. The highest BCUT2D eigenvalue weighted by Gasteiger charge is 2.69. The number of alkyl halides is 3. The van der Waals surface area contributed by atoms with Gasteiger partial charge in [0.1, 0.15) is 5.75 Å². The summed E-state index contributed by atoms with van der Waals surface area (Å²) in [5.41, 5.74) is 0.118. The Hall–Kier alpha value is -5.60. The molecule has 3 aromatic carbocycles. The van der Waals surface area contributed by atoms with Crippen LogP contribution >= 0.6 is 23.2 Å². The molecule has 4 heterocycles. The normalized spacial score (nSPS) is 22.4. The van der Waals surface area contributed by atoms with Gasteiger partial charge in [-0.2, -0.15) is 18.2 Å². The summed E-state index contributed by atoms with van der Waals surface area (Å²) in [5, 5.41) is 11.2. The van der Waals surface area contributed by atoms with Gasteiger partial charge in [0.2, 0.25) is 0 Å². The number of phenols is 1. The van der Waals surface area contributed by atoms with Crippen LogP contribution in [0.1, 0.15) is 35.1 Å². The molecule has 11 nitrogen and oxygen atoms in total. The molecule has 8 rings (SSSR count). The summed E-state index contributed by atoms with van der Waals surface area (Å²) >= 11 is 12.5. The van der Waals surface area contributed by atoms with Gasteiger partial charge in [-0.1, -0.05) is 71.7 Å². The fraction of sp³-hybridized carbons (Fsp3) is 0.194. The maximum Gasteiger partial charge on any atom is 0.417 e. The van der Waals surface area contributed by atoms with E-state index in [-0.39, 0.29) is 24.5 Å². The lowest BCUT2D eigenvalue weighted by molar-refractivity contribution is -0.139. The van der Waals surface area contributed by atoms with Crippen molar-refractivity contribution in [3.05, 3.63) is 150 Å². The van der Waals surface area contributed by atoms with Crippen molar-refractivity contribution in [1.82, 2.24) is 23.9 Å². The SMILES string of the molecule is O=C1C2CC3C(=CCn4c(=O)n(-c5ccccc5)c(=O)n43)C(c3cccc(O)c3)C2(c2ccc(Cl)cc2)C(=O)N1Nc1ncc(C(F)(F)F)cc1Cl. The molecule has 2 aliphatic heterocycles. The lowest BCUT2D eigenvalue weighted by Gasteiger charge is -2.49. The molecule has 52 heavy (non-hydrogen) atoms. The third kappa shape index (κ3) is 4.92. The van der Waals surface area contributed by atoms with Crippen LogP contribution in [0.5, 0.6) is 5.75 Å². The van der Waals surface area contributed by atoms with E-state index in [1.807, 2.05) is 0 Å². The highest BCUT2D eigenvalue weighted by Crippen LogP contribution is 2.62. The Morgan fingerprint density at radius 1 is 0.904 bits per heavy atom. The molecular formula is C36H25Cl2F3N6O5. The molecule has 2 N–H and O–H groups in total. The minimum absolute atomic E-state index is 0.0500. The standard InChI is InChI=1S/C36H25Cl2F3N6O5/c37-22-11-9-20(10-12-22)35-26(31(49)46(32(35)50)43-30-27(38)16-21(18-42-30)36(39,40)41)17-28-25(29(35)19-5-4-8-24(48)15-19)13-14-44-33(51)45(34(52)47(28)44)23-6-2-1-3-7-23/h1-13,15-16,18,26,28-29,48H,14,17H2,(H,42,43). The number of pyridine rings is 1. The Bertz CT molecular complexity index is 2440. The van der Waals surface area contributed by atoms with Crippen LogP contribution in [-0.4, -0.2) is 40.8 Å². The zero-order valence-electron chi connectivity index (χ0n) is 26.6. The Morgan fingerprint density at radius 3 is 2.31 bits per heavy atom. The van der Waals surface area contributed by atoms with E-state index in [1.165, 1.54) is 21.5 Å². The number of aromatic nitrogens is 4. The van der Waals surface area contributed by atoms with Gasteiger partial charge < -0.3 is 5.11 Å². The van der Waals surface area contributed by atoms with Crippen molar-refractivity contribution < 1.29 is 27.9 Å². The number of aromatic hydroxyl groups is 1. The van der Waals surface area contributed by atoms with Crippen molar-refractivity contribution in [3.63, 3.8) is 0 Å². The third-order valence-electron chi connectivity index (χ3n) is 10.0. The lowest BCUT2D eigenvalue weighted by Crippen LogP contribution is -2.53. The fourth-order valence-corrected chi connectivity index (χ4v) is 8.26. The zero-order valence-corrected chi connectivity index (χ0v) is 28.1. The second-order valence-corrected chi connectivity index (χ2v) is 13.6. The van der Waals surface area contributed by atoms with Crippen molar-refractivity contribution in [2.75, 3.05) is 5.43 Å². The molecule has 1 saturated carbocycles. The van der Waals surface area contributed by atoms with Crippen molar-refractivity contribution >= 4 is 40.8 Å². The van der Waals surface area contributed by atoms with Crippen LogP contribution in [0.4, 0.5) is 19.0 Å². The van der Waals surface area contributed by atoms with Gasteiger partial charge in [-0.05, 0) is 65.6 Å². The molecule has 0 spiro atoms. The number of nitrogens with zero attached hydrogens (tertiary/aromatic N) is 5. The highest BCUT2D eigenvalue weighted by molar-refractivity contribution is 6.33. The number of nitrogens with one attached hydrogen (secondary N) is 1. The molecule has 4 atom stereocenters. The van der Waals surface area contributed by atoms with E-state index in [2.05, 4.69) is 10.4 Å². The number of hydrazine groups is 1. The Kier molecular flexibility index (Phi) is 7.73. The van der Waals surface area contributed by atoms with Crippen LogP contribution in [-0.2, 0) is 27.7 Å². The number of allylic oxidation sites excluding steroid dienone is 2. The topological polar surface area (TPSA) is 131 Å². The Balaban J connectivity index is 1.35. The quantitative estimate of drug-likeness (QED) is 0.171. The Labute approximate surface area is 301 Å². The van der Waals surface area contributed by atoms with Crippen molar-refractivity contribution in [2.45, 2.75) is 36.5 Å². The number of carbonyl (C=O) groups is 2. The number of rotatable bonds is 5. The minimum atomic E-state index is -4.75.